The highest BCUT2D eigenvalue weighted by Crippen LogP contribution is 2.20. The van der Waals surface area contributed by atoms with E-state index in [0.29, 0.717) is 31.5 Å². The number of carbonyl (C=O) groups is 3. The fraction of sp³-hybridized carbons (Fsp3) is 0.480. The number of likely N-dealkylation sites (tertiary alicyclic amines) is 1. The molecule has 6 nitrogen and oxygen atoms in total. The van der Waals surface area contributed by atoms with E-state index < -0.39 is 0 Å². The van der Waals surface area contributed by atoms with Gasteiger partial charge in [0.25, 0.3) is 0 Å². The zero-order chi connectivity index (χ0) is 22.4. The fourth-order valence-corrected chi connectivity index (χ4v) is 4.27. The number of esters is 1. The summed E-state index contributed by atoms with van der Waals surface area (Å²) in [5.74, 6) is -0.878. The molecular formula is C25H32N2O4. The second-order valence-electron chi connectivity index (χ2n) is 8.24. The van der Waals surface area contributed by atoms with E-state index in [0.717, 1.165) is 30.8 Å². The number of hydrogen-bond donors (Lipinski definition) is 0. The Balaban J connectivity index is 1.57. The van der Waals surface area contributed by atoms with Crippen molar-refractivity contribution in [2.75, 3.05) is 19.7 Å². The normalized spacial score (nSPS) is 16.2. The van der Waals surface area contributed by atoms with Crippen molar-refractivity contribution in [1.29, 1.82) is 0 Å². The van der Waals surface area contributed by atoms with Crippen LogP contribution in [-0.2, 0) is 27.3 Å². The summed E-state index contributed by atoms with van der Waals surface area (Å²) < 4.78 is 7.49. The van der Waals surface area contributed by atoms with Crippen molar-refractivity contribution in [1.82, 2.24) is 9.47 Å². The average Bonchev–Trinajstić information content (AvgIpc) is 3.09. The Morgan fingerprint density at radius 2 is 1.87 bits per heavy atom. The van der Waals surface area contributed by atoms with Crippen LogP contribution in [0.15, 0.2) is 36.4 Å². The van der Waals surface area contributed by atoms with Crippen LogP contribution in [0.3, 0.4) is 0 Å². The number of aryl methyl sites for hydroxylation is 2. The number of rotatable bonds is 8. The predicted octanol–water partition coefficient (Wildman–Crippen LogP) is 3.72. The lowest BCUT2D eigenvalue weighted by Gasteiger charge is -2.31. The van der Waals surface area contributed by atoms with Gasteiger partial charge in [-0.1, -0.05) is 37.3 Å². The van der Waals surface area contributed by atoms with Crippen LogP contribution < -0.4 is 0 Å². The molecule has 1 unspecified atom stereocenters. The van der Waals surface area contributed by atoms with E-state index in [2.05, 4.69) is 16.7 Å². The van der Waals surface area contributed by atoms with E-state index in [1.807, 2.05) is 45.0 Å². The summed E-state index contributed by atoms with van der Waals surface area (Å²) in [6, 6.07) is 12.1. The summed E-state index contributed by atoms with van der Waals surface area (Å²) in [5, 5.41) is 0. The first-order valence-electron chi connectivity index (χ1n) is 11.1. The van der Waals surface area contributed by atoms with Crippen LogP contribution >= 0.6 is 0 Å². The topological polar surface area (TPSA) is 68.6 Å². The van der Waals surface area contributed by atoms with Crippen molar-refractivity contribution in [2.24, 2.45) is 5.92 Å². The van der Waals surface area contributed by atoms with Gasteiger partial charge in [-0.25, -0.2) is 0 Å². The molecule has 2 heterocycles. The van der Waals surface area contributed by atoms with Gasteiger partial charge in [0.1, 0.15) is 0 Å². The van der Waals surface area contributed by atoms with Crippen molar-refractivity contribution in [3.05, 3.63) is 58.9 Å². The van der Waals surface area contributed by atoms with Crippen LogP contribution in [0.4, 0.5) is 0 Å². The maximum atomic E-state index is 12.8. The third-order valence-corrected chi connectivity index (χ3v) is 6.10. The van der Waals surface area contributed by atoms with Gasteiger partial charge in [-0.3, -0.25) is 14.4 Å². The first kappa shape index (κ1) is 22.8. The molecule has 1 aliphatic heterocycles. The molecule has 1 amide bonds. The molecule has 1 aromatic carbocycles. The van der Waals surface area contributed by atoms with Gasteiger partial charge in [0.05, 0.1) is 5.92 Å². The molecule has 2 aromatic rings. The van der Waals surface area contributed by atoms with E-state index in [1.54, 1.807) is 4.90 Å². The van der Waals surface area contributed by atoms with E-state index >= 15 is 0 Å². The zero-order valence-electron chi connectivity index (χ0n) is 18.7. The summed E-state index contributed by atoms with van der Waals surface area (Å²) in [7, 11) is 0. The second kappa shape index (κ2) is 10.4. The maximum absolute atomic E-state index is 12.8. The molecule has 166 valence electrons. The molecule has 1 aliphatic rings. The average molecular weight is 425 g/mol. The summed E-state index contributed by atoms with van der Waals surface area (Å²) in [4.78, 5) is 38.9. The molecule has 0 saturated carbocycles. The number of hydrogen-bond acceptors (Lipinski definition) is 4. The van der Waals surface area contributed by atoms with Crippen molar-refractivity contribution in [3.63, 3.8) is 0 Å². The van der Waals surface area contributed by atoms with E-state index in [-0.39, 0.29) is 30.2 Å². The standard InChI is InChI=1S/C25H32N2O4/c1-4-24(29)26-13-8-11-21(16-26)25(30)31-17-23(28)22-15-18(2)27(19(22)3)14-12-20-9-6-5-7-10-20/h5-7,9-10,15,21H,4,8,11-14,16-17H2,1-3H3. The van der Waals surface area contributed by atoms with Crippen LogP contribution in [-0.4, -0.2) is 46.8 Å². The molecule has 31 heavy (non-hydrogen) atoms. The molecule has 0 spiro atoms. The van der Waals surface area contributed by atoms with Gasteiger partial charge in [0.15, 0.2) is 6.61 Å². The molecule has 1 fully saturated rings. The quantitative estimate of drug-likeness (QED) is 0.478. The minimum atomic E-state index is -0.389. The Kier molecular flexibility index (Phi) is 7.66. The zero-order valence-corrected chi connectivity index (χ0v) is 18.7. The minimum absolute atomic E-state index is 0.0523. The van der Waals surface area contributed by atoms with Crippen LogP contribution in [0.2, 0.25) is 0 Å². The lowest BCUT2D eigenvalue weighted by Crippen LogP contribution is -2.42. The first-order valence-corrected chi connectivity index (χ1v) is 11.1. The summed E-state index contributed by atoms with van der Waals surface area (Å²) in [5.41, 5.74) is 3.76. The molecule has 6 heteroatoms. The van der Waals surface area contributed by atoms with E-state index in [4.69, 9.17) is 4.74 Å². The number of ether oxygens (including phenoxy) is 1. The lowest BCUT2D eigenvalue weighted by atomic mass is 9.98. The SMILES string of the molecule is CCC(=O)N1CCCC(C(=O)OCC(=O)c2cc(C)n(CCc3ccccc3)c2C)C1. The van der Waals surface area contributed by atoms with Gasteiger partial charge in [0.2, 0.25) is 11.7 Å². The highest BCUT2D eigenvalue weighted by molar-refractivity contribution is 5.99. The molecule has 0 aliphatic carbocycles. The van der Waals surface area contributed by atoms with Crippen molar-refractivity contribution >= 4 is 17.7 Å². The van der Waals surface area contributed by atoms with Crippen LogP contribution in [0.5, 0.6) is 0 Å². The number of piperidine rings is 1. The number of amides is 1. The first-order chi connectivity index (χ1) is 14.9. The van der Waals surface area contributed by atoms with E-state index in [1.165, 1.54) is 5.56 Å². The number of ketones is 1. The van der Waals surface area contributed by atoms with Gasteiger partial charge >= 0.3 is 5.97 Å². The highest BCUT2D eigenvalue weighted by atomic mass is 16.5. The van der Waals surface area contributed by atoms with Gasteiger partial charge in [0, 0.05) is 43.0 Å². The molecular weight excluding hydrogens is 392 g/mol. The molecule has 1 atom stereocenters. The Labute approximate surface area is 184 Å². The molecule has 3 rings (SSSR count). The molecule has 1 saturated heterocycles. The predicted molar refractivity (Wildman–Crippen MR) is 119 cm³/mol. The Bertz CT molecular complexity index is 932. The number of carbonyl (C=O) groups excluding carboxylic acids is 3. The van der Waals surface area contributed by atoms with Crippen LogP contribution in [0.25, 0.3) is 0 Å². The van der Waals surface area contributed by atoms with Crippen molar-refractivity contribution < 1.29 is 19.1 Å². The summed E-state index contributed by atoms with van der Waals surface area (Å²) in [6.45, 7) is 7.33. The monoisotopic (exact) mass is 424 g/mol. The van der Waals surface area contributed by atoms with Gasteiger partial charge in [-0.2, -0.15) is 0 Å². The molecule has 1 aromatic heterocycles. The number of benzene rings is 1. The summed E-state index contributed by atoms with van der Waals surface area (Å²) in [6.07, 6.45) is 2.78. The Morgan fingerprint density at radius 3 is 2.58 bits per heavy atom. The number of Topliss-reactive ketones (excluding diaryl/α,β-unsaturated/α-hetero) is 1. The van der Waals surface area contributed by atoms with Gasteiger partial charge in [-0.05, 0) is 44.7 Å². The fourth-order valence-electron chi connectivity index (χ4n) is 4.27. The Morgan fingerprint density at radius 1 is 1.13 bits per heavy atom. The third-order valence-electron chi connectivity index (χ3n) is 6.10. The molecule has 0 bridgehead atoms. The van der Waals surface area contributed by atoms with Crippen LogP contribution in [0.1, 0.15) is 53.5 Å². The molecule has 0 radical (unpaired) electrons. The maximum Gasteiger partial charge on any atom is 0.311 e. The van der Waals surface area contributed by atoms with Gasteiger partial charge < -0.3 is 14.2 Å². The second-order valence-corrected chi connectivity index (χ2v) is 8.24. The van der Waals surface area contributed by atoms with Crippen molar-refractivity contribution in [3.8, 4) is 0 Å². The number of nitrogens with zero attached hydrogens (tertiary/aromatic N) is 2. The number of aromatic nitrogens is 1. The van der Waals surface area contributed by atoms with Crippen LogP contribution in [0, 0.1) is 19.8 Å². The highest BCUT2D eigenvalue weighted by Gasteiger charge is 2.29. The smallest absolute Gasteiger partial charge is 0.311 e. The lowest BCUT2D eigenvalue weighted by molar-refractivity contribution is -0.150. The largest absolute Gasteiger partial charge is 0.457 e. The van der Waals surface area contributed by atoms with Gasteiger partial charge in [-0.15, -0.1) is 0 Å². The Hall–Kier alpha value is -2.89. The third kappa shape index (κ3) is 5.63. The van der Waals surface area contributed by atoms with Crippen molar-refractivity contribution in [2.45, 2.75) is 53.0 Å². The summed E-state index contributed by atoms with van der Waals surface area (Å²) >= 11 is 0. The molecule has 0 N–H and O–H groups in total. The minimum Gasteiger partial charge on any atom is -0.457 e. The van der Waals surface area contributed by atoms with E-state index in [9.17, 15) is 14.4 Å².